The molecular formula is C21H18ClN3O2S. The molecule has 7 heteroatoms. The van der Waals surface area contributed by atoms with E-state index in [2.05, 4.69) is 4.37 Å². The summed E-state index contributed by atoms with van der Waals surface area (Å²) in [5.41, 5.74) is 8.59. The van der Waals surface area contributed by atoms with E-state index in [9.17, 15) is 9.59 Å². The van der Waals surface area contributed by atoms with Crippen LogP contribution in [0.1, 0.15) is 44.9 Å². The minimum Gasteiger partial charge on any atom is -0.368 e. The summed E-state index contributed by atoms with van der Waals surface area (Å²) in [6.45, 7) is 0. The Morgan fingerprint density at radius 2 is 1.96 bits per heavy atom. The molecular weight excluding hydrogens is 394 g/mol. The molecule has 5 nitrogen and oxygen atoms in total. The molecule has 2 aromatic carbocycles. The van der Waals surface area contributed by atoms with Crippen molar-refractivity contribution in [3.05, 3.63) is 87.4 Å². The van der Waals surface area contributed by atoms with Crippen LogP contribution in [0.2, 0.25) is 5.02 Å². The number of hydrogen-bond acceptors (Lipinski definition) is 4. The third-order valence-electron chi connectivity index (χ3n) is 5.04. The summed E-state index contributed by atoms with van der Waals surface area (Å²) in [6.07, 6.45) is 3.10. The zero-order valence-corrected chi connectivity index (χ0v) is 16.5. The molecule has 2 N–H and O–H groups in total. The van der Waals surface area contributed by atoms with E-state index in [0.717, 1.165) is 29.1 Å². The van der Waals surface area contributed by atoms with Crippen molar-refractivity contribution in [1.29, 1.82) is 0 Å². The topological polar surface area (TPSA) is 76.3 Å². The second-order valence-corrected chi connectivity index (χ2v) is 7.97. The summed E-state index contributed by atoms with van der Waals surface area (Å²) in [6, 6.07) is 15.4. The minimum absolute atomic E-state index is 0.257. The van der Waals surface area contributed by atoms with Gasteiger partial charge in [-0.25, -0.2) is 4.37 Å². The SMILES string of the molecule is NC(=O)[C@@H](c1ccccc1)N(C(=O)c1ccns1)[C@@H]1CCc2ccc(Cl)cc21. The van der Waals surface area contributed by atoms with Crippen LogP contribution in [0, 0.1) is 0 Å². The number of benzene rings is 2. The van der Waals surface area contributed by atoms with Crippen molar-refractivity contribution in [2.45, 2.75) is 24.9 Å². The first kappa shape index (κ1) is 18.7. The van der Waals surface area contributed by atoms with Crippen molar-refractivity contribution in [3.8, 4) is 0 Å². The Morgan fingerprint density at radius 3 is 2.64 bits per heavy atom. The number of aromatic nitrogens is 1. The van der Waals surface area contributed by atoms with Crippen molar-refractivity contribution in [3.63, 3.8) is 0 Å². The van der Waals surface area contributed by atoms with Crippen molar-refractivity contribution < 1.29 is 9.59 Å². The normalized spacial score (nSPS) is 16.4. The van der Waals surface area contributed by atoms with E-state index in [4.69, 9.17) is 17.3 Å². The molecule has 1 aliphatic carbocycles. The van der Waals surface area contributed by atoms with E-state index in [1.54, 1.807) is 17.2 Å². The second-order valence-electron chi connectivity index (χ2n) is 6.70. The number of hydrogen-bond donors (Lipinski definition) is 1. The smallest absolute Gasteiger partial charge is 0.267 e. The molecule has 0 unspecified atom stereocenters. The minimum atomic E-state index is -0.884. The third-order valence-corrected chi connectivity index (χ3v) is 6.01. The van der Waals surface area contributed by atoms with Gasteiger partial charge in [-0.15, -0.1) is 0 Å². The van der Waals surface area contributed by atoms with Crippen LogP contribution in [0.5, 0.6) is 0 Å². The van der Waals surface area contributed by atoms with Crippen molar-refractivity contribution >= 4 is 34.9 Å². The summed E-state index contributed by atoms with van der Waals surface area (Å²) >= 11 is 7.34. The predicted octanol–water partition coefficient (Wildman–Crippen LogP) is 4.15. The molecule has 0 radical (unpaired) electrons. The lowest BCUT2D eigenvalue weighted by molar-refractivity contribution is -0.123. The number of primary amides is 1. The molecule has 0 spiro atoms. The fraction of sp³-hybridized carbons (Fsp3) is 0.190. The van der Waals surface area contributed by atoms with Gasteiger partial charge in [0.1, 0.15) is 10.9 Å². The zero-order valence-electron chi connectivity index (χ0n) is 14.9. The van der Waals surface area contributed by atoms with E-state index in [0.29, 0.717) is 21.9 Å². The van der Waals surface area contributed by atoms with Crippen LogP contribution >= 0.6 is 23.1 Å². The first-order valence-corrected chi connectivity index (χ1v) is 10.1. The Morgan fingerprint density at radius 1 is 1.18 bits per heavy atom. The van der Waals surface area contributed by atoms with Crippen LogP contribution in [0.25, 0.3) is 0 Å². The standard InChI is InChI=1S/C21H18ClN3O2S/c22-15-8-6-13-7-9-17(16(13)12-15)25(21(27)18-10-11-24-28-18)19(20(23)26)14-4-2-1-3-5-14/h1-6,8,10-12,17,19H,7,9H2,(H2,23,26)/t17-,19-/m1/s1. The van der Waals surface area contributed by atoms with E-state index in [1.807, 2.05) is 48.5 Å². The predicted molar refractivity (Wildman–Crippen MR) is 109 cm³/mol. The molecule has 2 amide bonds. The number of fused-ring (bicyclic) bond motifs is 1. The summed E-state index contributed by atoms with van der Waals surface area (Å²) in [5.74, 6) is -0.826. The van der Waals surface area contributed by atoms with E-state index in [-0.39, 0.29) is 11.9 Å². The van der Waals surface area contributed by atoms with Crippen molar-refractivity contribution in [1.82, 2.24) is 9.27 Å². The van der Waals surface area contributed by atoms with Crippen LogP contribution in [0.4, 0.5) is 0 Å². The molecule has 0 aliphatic heterocycles. The maximum absolute atomic E-state index is 13.5. The Bertz CT molecular complexity index is 1010. The molecule has 1 aliphatic rings. The summed E-state index contributed by atoms with van der Waals surface area (Å²) in [5, 5.41) is 0.603. The van der Waals surface area contributed by atoms with Gasteiger partial charge < -0.3 is 10.6 Å². The molecule has 1 aromatic heterocycles. The average molecular weight is 412 g/mol. The second kappa shape index (κ2) is 7.73. The van der Waals surface area contributed by atoms with Gasteiger partial charge in [0, 0.05) is 11.2 Å². The average Bonchev–Trinajstić information content (AvgIpc) is 3.36. The molecule has 0 fully saturated rings. The highest BCUT2D eigenvalue weighted by molar-refractivity contribution is 7.08. The molecule has 2 atom stereocenters. The van der Waals surface area contributed by atoms with Gasteiger partial charge in [0.2, 0.25) is 5.91 Å². The number of rotatable bonds is 5. The monoisotopic (exact) mass is 411 g/mol. The maximum atomic E-state index is 13.5. The summed E-state index contributed by atoms with van der Waals surface area (Å²) in [7, 11) is 0. The lowest BCUT2D eigenvalue weighted by Gasteiger charge is -2.35. The van der Waals surface area contributed by atoms with Gasteiger partial charge in [-0.1, -0.05) is 48.0 Å². The highest BCUT2D eigenvalue weighted by Gasteiger charge is 2.39. The number of nitrogens with two attached hydrogens (primary N) is 1. The van der Waals surface area contributed by atoms with Crippen LogP contribution in [0.3, 0.4) is 0 Å². The third kappa shape index (κ3) is 3.41. The van der Waals surface area contributed by atoms with E-state index in [1.165, 1.54) is 0 Å². The summed E-state index contributed by atoms with van der Waals surface area (Å²) < 4.78 is 4.04. The molecule has 0 saturated carbocycles. The summed E-state index contributed by atoms with van der Waals surface area (Å²) in [4.78, 5) is 28.1. The quantitative estimate of drug-likeness (QED) is 0.685. The fourth-order valence-corrected chi connectivity index (χ4v) is 4.55. The van der Waals surface area contributed by atoms with E-state index >= 15 is 0 Å². The zero-order chi connectivity index (χ0) is 19.7. The number of carbonyl (C=O) groups excluding carboxylic acids is 2. The number of halogens is 1. The highest BCUT2D eigenvalue weighted by atomic mass is 35.5. The van der Waals surface area contributed by atoms with Crippen molar-refractivity contribution in [2.24, 2.45) is 5.73 Å². The van der Waals surface area contributed by atoms with Gasteiger partial charge in [-0.3, -0.25) is 9.59 Å². The molecule has 3 aromatic rings. The van der Waals surface area contributed by atoms with Gasteiger partial charge in [0.05, 0.1) is 6.04 Å². The fourth-order valence-electron chi connectivity index (χ4n) is 3.83. The first-order chi connectivity index (χ1) is 13.6. The highest BCUT2D eigenvalue weighted by Crippen LogP contribution is 2.42. The van der Waals surface area contributed by atoms with Crippen LogP contribution < -0.4 is 5.73 Å². The van der Waals surface area contributed by atoms with Crippen LogP contribution in [-0.2, 0) is 11.2 Å². The van der Waals surface area contributed by atoms with E-state index < -0.39 is 11.9 Å². The molecule has 4 rings (SSSR count). The molecule has 0 bridgehead atoms. The molecule has 0 saturated heterocycles. The van der Waals surface area contributed by atoms with Gasteiger partial charge in [-0.2, -0.15) is 0 Å². The Hall–Kier alpha value is -2.70. The molecule has 1 heterocycles. The Balaban J connectivity index is 1.85. The van der Waals surface area contributed by atoms with Crippen LogP contribution in [-0.4, -0.2) is 21.1 Å². The Kier molecular flexibility index (Phi) is 5.15. The number of amides is 2. The van der Waals surface area contributed by atoms with Gasteiger partial charge in [0.15, 0.2) is 0 Å². The van der Waals surface area contributed by atoms with Gasteiger partial charge in [-0.05, 0) is 59.3 Å². The number of aryl methyl sites for hydroxylation is 1. The first-order valence-electron chi connectivity index (χ1n) is 8.92. The molecule has 28 heavy (non-hydrogen) atoms. The largest absolute Gasteiger partial charge is 0.368 e. The number of nitrogens with zero attached hydrogens (tertiary/aromatic N) is 2. The lowest BCUT2D eigenvalue weighted by Crippen LogP contribution is -2.43. The maximum Gasteiger partial charge on any atom is 0.267 e. The Labute approximate surface area is 171 Å². The van der Waals surface area contributed by atoms with Crippen LogP contribution in [0.15, 0.2) is 60.8 Å². The van der Waals surface area contributed by atoms with Crippen molar-refractivity contribution in [2.75, 3.05) is 0 Å². The lowest BCUT2D eigenvalue weighted by atomic mass is 9.99. The van der Waals surface area contributed by atoms with Gasteiger partial charge >= 0.3 is 0 Å². The van der Waals surface area contributed by atoms with Gasteiger partial charge in [0.25, 0.3) is 5.91 Å². The molecule has 142 valence electrons. The number of carbonyl (C=O) groups is 2.